The van der Waals surface area contributed by atoms with Crippen molar-refractivity contribution in [2.75, 3.05) is 26.9 Å². The first-order valence-corrected chi connectivity index (χ1v) is 31.6. The molecule has 0 aromatic carbocycles. The van der Waals surface area contributed by atoms with Crippen LogP contribution in [-0.2, 0) is 145 Å². The minimum absolute atomic E-state index is 0. The number of rotatable bonds is 30. The Morgan fingerprint density at radius 1 is 0.406 bits per heavy atom. The van der Waals surface area contributed by atoms with Gasteiger partial charge in [-0.05, 0) is 0 Å². The molecule has 25 atom stereocenters. The fourth-order valence-corrected chi connectivity index (χ4v) is 11.7. The summed E-state index contributed by atoms with van der Waals surface area (Å²) in [6.07, 6.45) is -60.3. The molecule has 5 fully saturated rings. The minimum Gasteiger partial charge on any atom is -0.735 e. The van der Waals surface area contributed by atoms with E-state index in [0.717, 1.165) is 11.8 Å². The Bertz CT molecular complexity index is 3060. The summed E-state index contributed by atoms with van der Waals surface area (Å²) < 4.78 is 288. The second kappa shape index (κ2) is 47.9. The molecule has 0 radical (unpaired) electrons. The third-order valence-corrected chi connectivity index (χ3v) is 15.5. The third kappa shape index (κ3) is 34.3. The predicted octanol–water partition coefficient (Wildman–Crippen LogP) is -45.3. The Morgan fingerprint density at radius 2 is 0.729 bits per heavy atom. The molecule has 5 aliphatic heterocycles. The molecule has 96 heavy (non-hydrogen) atoms. The van der Waals surface area contributed by atoms with Crippen LogP contribution in [0.5, 0.6) is 0 Å². The van der Waals surface area contributed by atoms with Crippen molar-refractivity contribution in [1.82, 2.24) is 14.2 Å². The van der Waals surface area contributed by atoms with Crippen LogP contribution in [0.3, 0.4) is 0 Å². The largest absolute Gasteiger partial charge is 1.00 e. The number of aliphatic hydroxyl groups is 7. The smallest absolute Gasteiger partial charge is 0.735 e. The molecule has 10 unspecified atom stereocenters. The first kappa shape index (κ1) is 111. The first-order valence-electron chi connectivity index (χ1n) is 22.7. The van der Waals surface area contributed by atoms with Crippen LogP contribution in [0.15, 0.2) is 0 Å². The summed E-state index contributed by atoms with van der Waals surface area (Å²) in [6.45, 7) is -4.93. The summed E-state index contributed by atoms with van der Waals surface area (Å²) in [5.74, 6) is -5.18. The van der Waals surface area contributed by atoms with Crippen molar-refractivity contribution in [1.29, 1.82) is 0 Å². The number of aliphatic hydroxyl groups excluding tert-OH is 7. The van der Waals surface area contributed by atoms with Crippen molar-refractivity contribution < 1.29 is 478 Å². The van der Waals surface area contributed by atoms with Gasteiger partial charge in [0.25, 0.3) is 0 Å². The second-order valence-electron chi connectivity index (χ2n) is 17.8. The van der Waals surface area contributed by atoms with E-state index in [2.05, 4.69) is 21.9 Å². The number of carbonyl (C=O) groups excluding carboxylic acids is 2. The number of ether oxygens (including phenoxy) is 10. The number of nitrogens with one attached hydrogen (secondary N) is 3. The molecule has 10 N–H and O–H groups in total. The standard InChI is InChI=1S/C31H53N3O46S7.9Na/c1-65-27-9(33-83(50,51)52)13(37)18(6(70-27)3-67-86(59,60)61)72-30-16(40)14(38)22(24(76-30)26(44)45)75-29-10(34-84(53,54)55)20(78-81-80-79-46)19(7(71-29)4-68-87(62,63)64)73-31-17(41)15(39)21(23(77-31)25(42)43)74-28-8(32-82(47,48)49)12(36)11(35)5(69-28)2-66-85(56,57)58;;;;;;;;;/h5-24,27-41,46H,2-4H2,1H3,(H,42,43)(H,44,45)(H,47,48,49)(H,50,51,52)(H,53,54,55)(H,56,57,58)(H,59,60,61)(H,62,63,64);;;;;;;;;/q;9*+1/p-9/t5?,6?,7?,8?,9?,10?,11-,12-,13-,14+,15-,16?,17?,18+,19-,20-,21+,22+,23?,24?,27+,28+,29-,30-,31-;;;;;;;;;/m1........./s1. The summed E-state index contributed by atoms with van der Waals surface area (Å²) in [5, 5.41) is 117. The van der Waals surface area contributed by atoms with Gasteiger partial charge < -0.3 is 135 Å². The van der Waals surface area contributed by atoms with Gasteiger partial charge in [-0.3, -0.25) is 21.8 Å². The van der Waals surface area contributed by atoms with E-state index in [-0.39, 0.29) is 266 Å². The molecule has 0 bridgehead atoms. The van der Waals surface area contributed by atoms with Gasteiger partial charge >= 0.3 is 266 Å². The molecule has 5 heterocycles. The zero-order valence-corrected chi connectivity index (χ0v) is 74.7. The van der Waals surface area contributed by atoms with E-state index in [9.17, 15) is 139 Å². The van der Waals surface area contributed by atoms with Gasteiger partial charge in [0.1, 0.15) is 122 Å². The average Bonchev–Trinajstić information content (AvgIpc) is 0.770. The number of carboxylic acid groups (broad SMARTS) is 2. The second-order valence-corrected chi connectivity index (χ2v) is 24.9. The molecular weight excluding hydrogens is 1580 g/mol. The Kier molecular flexibility index (Phi) is 55.5. The van der Waals surface area contributed by atoms with E-state index in [1.807, 2.05) is 0 Å². The van der Waals surface area contributed by atoms with Crippen molar-refractivity contribution in [3.63, 3.8) is 0 Å². The molecule has 5 aliphatic rings. The van der Waals surface area contributed by atoms with Crippen LogP contribution in [0.2, 0.25) is 0 Å². The Morgan fingerprint density at radius 3 is 1.09 bits per heavy atom. The van der Waals surface area contributed by atoms with Gasteiger partial charge in [-0.2, -0.15) is 0 Å². The molecule has 0 saturated carbocycles. The van der Waals surface area contributed by atoms with Gasteiger partial charge in [-0.15, -0.1) is 4.33 Å². The van der Waals surface area contributed by atoms with Gasteiger partial charge in [0.2, 0.25) is 31.2 Å². The molecule has 5 saturated heterocycles. The quantitative estimate of drug-likeness (QED) is 0.00607. The molecule has 0 amide bonds. The Hall–Kier alpha value is 6.67. The van der Waals surface area contributed by atoms with Crippen LogP contribution in [0.25, 0.3) is 0 Å². The molecule has 49 nitrogen and oxygen atoms in total. The van der Waals surface area contributed by atoms with Crippen molar-refractivity contribution in [2.45, 2.75) is 153 Å². The molecule has 0 aliphatic carbocycles. The van der Waals surface area contributed by atoms with Gasteiger partial charge in [0.15, 0.2) is 74.7 Å². The molecule has 0 aromatic rings. The van der Waals surface area contributed by atoms with Gasteiger partial charge in [0, 0.05) is 7.11 Å². The van der Waals surface area contributed by atoms with Crippen LogP contribution in [0.4, 0.5) is 0 Å². The zero-order valence-electron chi connectivity index (χ0n) is 51.0. The number of hydrogen-bond donors (Lipinski definition) is 10. The number of hydrogen-bond acceptors (Lipinski definition) is 47. The molecule has 510 valence electrons. The minimum atomic E-state index is -6.16. The van der Waals surface area contributed by atoms with Crippen molar-refractivity contribution in [2.24, 2.45) is 0 Å². The average molecular weight is 1630 g/mol. The van der Waals surface area contributed by atoms with E-state index in [4.69, 9.17) is 51.6 Å². The van der Waals surface area contributed by atoms with E-state index < -0.39 is 260 Å². The van der Waals surface area contributed by atoms with E-state index in [0.29, 0.717) is 0 Å². The van der Waals surface area contributed by atoms with Crippen LogP contribution in [-0.4, -0.2) is 306 Å². The monoisotopic (exact) mass is 1620 g/mol. The maximum atomic E-state index is 12.7. The van der Waals surface area contributed by atoms with E-state index in [1.165, 1.54) is 9.44 Å². The van der Waals surface area contributed by atoms with Crippen molar-refractivity contribution >= 4 is 86.4 Å². The SMILES string of the molecule is CO[C@H]1OC(COS(=O)(=O)[O-])[C@H](O[C@@H]2OC(C(=O)[O-])[C@@H](O[C@H]3OC(COS(=O)(=O)[O-])[C@@H](O[C@@H]4OC(C(=O)[O-])[C@@H](O[C@@H]5OC(COS(=O)(=O)[O-])[C@@H](O)[C@H](O)C5NS(=O)(=O)[O-])[C@H](O)C4O)[C@H](OSOO[O-])C3NS(=O)(=O)[O-])[C@@H](O)C2O)[C@H](O)C1NS(=O)(=O)[O-].[Na+].[Na+].[Na+].[Na+].[Na+].[Na+].[Na+].[Na+].[Na+]. The Balaban J connectivity index is -0.00000307. The van der Waals surface area contributed by atoms with Crippen LogP contribution < -0.4 is 296 Å². The molecule has 0 aromatic heterocycles. The topological polar surface area (TPSA) is 772 Å². The fourth-order valence-electron chi connectivity index (χ4n) is 8.64. The van der Waals surface area contributed by atoms with E-state index in [1.54, 1.807) is 0 Å². The molecule has 65 heteroatoms. The summed E-state index contributed by atoms with van der Waals surface area (Å²) in [7, 11) is -34.2. The summed E-state index contributed by atoms with van der Waals surface area (Å²) in [4.78, 5) is 25.4. The fraction of sp³-hybridized carbons (Fsp3) is 0.935. The normalized spacial score (nSPS) is 35.8. The van der Waals surface area contributed by atoms with Crippen LogP contribution >= 0.6 is 12.3 Å². The summed E-state index contributed by atoms with van der Waals surface area (Å²) in [6, 6.07) is -7.82. The van der Waals surface area contributed by atoms with Gasteiger partial charge in [-0.25, -0.2) is 64.7 Å². The maximum absolute atomic E-state index is 12.7. The molecular formula is C31H44N3Na9O46S7. The number of methoxy groups -OCH3 is 1. The number of aliphatic carboxylic acids is 2. The molecule has 0 spiro atoms. The number of carbonyl (C=O) groups is 2. The Labute approximate surface area is 746 Å². The molecule has 5 rings (SSSR count). The zero-order chi connectivity index (χ0) is 65.9. The van der Waals surface area contributed by atoms with Crippen molar-refractivity contribution in [3.05, 3.63) is 0 Å². The number of carboxylic acids is 2. The van der Waals surface area contributed by atoms with Crippen LogP contribution in [0, 0.1) is 0 Å². The summed E-state index contributed by atoms with van der Waals surface area (Å²) >= 11 is -0.734. The van der Waals surface area contributed by atoms with E-state index >= 15 is 0 Å². The maximum Gasteiger partial charge on any atom is 1.00 e. The van der Waals surface area contributed by atoms with Gasteiger partial charge in [-0.1, -0.05) is 0 Å². The predicted molar refractivity (Wildman–Crippen MR) is 233 cm³/mol. The summed E-state index contributed by atoms with van der Waals surface area (Å²) in [5.41, 5.74) is 0. The third-order valence-electron chi connectivity index (χ3n) is 12.1. The van der Waals surface area contributed by atoms with Gasteiger partial charge in [0.05, 0.1) is 31.8 Å². The van der Waals surface area contributed by atoms with Crippen LogP contribution in [0.1, 0.15) is 0 Å². The first-order chi connectivity index (χ1) is 39.8. The van der Waals surface area contributed by atoms with Crippen molar-refractivity contribution in [3.8, 4) is 0 Å².